The van der Waals surface area contributed by atoms with Crippen molar-refractivity contribution in [2.45, 2.75) is 33.6 Å². The van der Waals surface area contributed by atoms with Gasteiger partial charge in [0.15, 0.2) is 0 Å². The molecule has 0 heterocycles. The molecule has 0 spiro atoms. The zero-order chi connectivity index (χ0) is 22.1. The molecular formula is C25H32N2O3. The van der Waals surface area contributed by atoms with Crippen LogP contribution in [0.25, 0.3) is 6.08 Å². The Labute approximate surface area is 179 Å². The third-order valence-corrected chi connectivity index (χ3v) is 5.11. The van der Waals surface area contributed by atoms with Gasteiger partial charge in [-0.25, -0.2) is 0 Å². The number of nitrogens with one attached hydrogen (secondary N) is 1. The number of amides is 2. The molecule has 5 heteroatoms. The molecule has 5 nitrogen and oxygen atoms in total. The monoisotopic (exact) mass is 408 g/mol. The first-order chi connectivity index (χ1) is 14.3. The quantitative estimate of drug-likeness (QED) is 0.619. The van der Waals surface area contributed by atoms with Gasteiger partial charge in [0.2, 0.25) is 11.8 Å². The number of anilines is 1. The van der Waals surface area contributed by atoms with Gasteiger partial charge in [0.25, 0.3) is 0 Å². The van der Waals surface area contributed by atoms with Crippen LogP contribution in [0.15, 0.2) is 48.5 Å². The Morgan fingerprint density at radius 1 is 1.10 bits per heavy atom. The molecule has 0 radical (unpaired) electrons. The minimum absolute atomic E-state index is 0.0355. The molecule has 0 aliphatic heterocycles. The summed E-state index contributed by atoms with van der Waals surface area (Å²) in [6, 6.07) is 13.9. The number of hydrogen-bond donors (Lipinski definition) is 1. The average Bonchev–Trinajstić information content (AvgIpc) is 2.73. The summed E-state index contributed by atoms with van der Waals surface area (Å²) in [5.41, 5.74) is 5.08. The topological polar surface area (TPSA) is 58.6 Å². The highest BCUT2D eigenvalue weighted by atomic mass is 16.5. The van der Waals surface area contributed by atoms with E-state index in [1.807, 2.05) is 44.2 Å². The van der Waals surface area contributed by atoms with Crippen molar-refractivity contribution >= 4 is 23.6 Å². The van der Waals surface area contributed by atoms with Crippen molar-refractivity contribution in [1.82, 2.24) is 4.90 Å². The van der Waals surface area contributed by atoms with E-state index < -0.39 is 0 Å². The van der Waals surface area contributed by atoms with Gasteiger partial charge < -0.3 is 15.0 Å². The number of methoxy groups -OCH3 is 1. The molecular weight excluding hydrogens is 376 g/mol. The van der Waals surface area contributed by atoms with Crippen LogP contribution in [0.2, 0.25) is 0 Å². The van der Waals surface area contributed by atoms with Gasteiger partial charge in [-0.3, -0.25) is 9.59 Å². The molecule has 0 aromatic heterocycles. The molecule has 0 unspecified atom stereocenters. The van der Waals surface area contributed by atoms with Crippen LogP contribution in [-0.2, 0) is 14.3 Å². The van der Waals surface area contributed by atoms with Gasteiger partial charge in [0, 0.05) is 25.4 Å². The van der Waals surface area contributed by atoms with E-state index in [9.17, 15) is 9.59 Å². The molecule has 0 bridgehead atoms. The number of carbonyl (C=O) groups is 2. The van der Waals surface area contributed by atoms with E-state index in [4.69, 9.17) is 4.74 Å². The van der Waals surface area contributed by atoms with Crippen LogP contribution in [0.3, 0.4) is 0 Å². The van der Waals surface area contributed by atoms with Crippen molar-refractivity contribution in [1.29, 1.82) is 0 Å². The van der Waals surface area contributed by atoms with Crippen molar-refractivity contribution in [3.05, 3.63) is 70.8 Å². The summed E-state index contributed by atoms with van der Waals surface area (Å²) in [7, 11) is 1.57. The molecule has 0 saturated carbocycles. The van der Waals surface area contributed by atoms with Crippen LogP contribution >= 0.6 is 0 Å². The third kappa shape index (κ3) is 6.85. The van der Waals surface area contributed by atoms with Crippen LogP contribution in [0.1, 0.15) is 42.0 Å². The van der Waals surface area contributed by atoms with Crippen molar-refractivity contribution in [3.63, 3.8) is 0 Å². The smallest absolute Gasteiger partial charge is 0.247 e. The minimum Gasteiger partial charge on any atom is -0.383 e. The fraction of sp³-hybridized carbons (Fsp3) is 0.360. The fourth-order valence-electron chi connectivity index (χ4n) is 2.98. The molecule has 2 amide bonds. The lowest BCUT2D eigenvalue weighted by Gasteiger charge is -2.21. The maximum atomic E-state index is 12.7. The van der Waals surface area contributed by atoms with Gasteiger partial charge in [-0.2, -0.15) is 0 Å². The highest BCUT2D eigenvalue weighted by Gasteiger charge is 2.16. The predicted octanol–water partition coefficient (Wildman–Crippen LogP) is 4.55. The number of aryl methyl sites for hydroxylation is 1. The molecule has 30 heavy (non-hydrogen) atoms. The lowest BCUT2D eigenvalue weighted by Crippen LogP contribution is -2.39. The molecule has 2 aromatic carbocycles. The number of benzene rings is 2. The van der Waals surface area contributed by atoms with Gasteiger partial charge in [-0.05, 0) is 54.2 Å². The Hall–Kier alpha value is -2.92. The molecule has 160 valence electrons. The number of carbonyl (C=O) groups excluding carboxylic acids is 2. The van der Waals surface area contributed by atoms with Crippen LogP contribution in [-0.4, -0.2) is 43.5 Å². The average molecular weight is 409 g/mol. The Morgan fingerprint density at radius 2 is 1.80 bits per heavy atom. The first kappa shape index (κ1) is 23.4. The summed E-state index contributed by atoms with van der Waals surface area (Å²) in [4.78, 5) is 26.8. The maximum absolute atomic E-state index is 12.7. The summed E-state index contributed by atoms with van der Waals surface area (Å²) < 4.78 is 5.11. The Kier molecular flexibility index (Phi) is 8.81. The summed E-state index contributed by atoms with van der Waals surface area (Å²) in [6.45, 7) is 8.92. The van der Waals surface area contributed by atoms with Gasteiger partial charge in [-0.1, -0.05) is 50.2 Å². The van der Waals surface area contributed by atoms with Crippen molar-refractivity contribution in [2.75, 3.05) is 32.1 Å². The molecule has 0 saturated heterocycles. The van der Waals surface area contributed by atoms with Gasteiger partial charge in [0.05, 0.1) is 6.61 Å². The predicted molar refractivity (Wildman–Crippen MR) is 123 cm³/mol. The van der Waals surface area contributed by atoms with E-state index in [0.29, 0.717) is 19.1 Å². The van der Waals surface area contributed by atoms with Gasteiger partial charge in [0.1, 0.15) is 6.54 Å². The zero-order valence-corrected chi connectivity index (χ0v) is 18.6. The number of hydrogen-bond acceptors (Lipinski definition) is 3. The SMILES string of the molecule is COCCN(CC(=O)Nc1cccc(C)c1C)C(=O)/C=C/c1ccc(C(C)C)cc1. The molecule has 0 fully saturated rings. The van der Waals surface area contributed by atoms with Crippen molar-refractivity contribution in [2.24, 2.45) is 0 Å². The first-order valence-corrected chi connectivity index (χ1v) is 10.2. The van der Waals surface area contributed by atoms with Gasteiger partial charge in [-0.15, -0.1) is 0 Å². The lowest BCUT2D eigenvalue weighted by atomic mass is 10.0. The Bertz CT molecular complexity index is 886. The molecule has 0 aliphatic rings. The van der Waals surface area contributed by atoms with Crippen LogP contribution in [0, 0.1) is 13.8 Å². The number of ether oxygens (including phenoxy) is 1. The molecule has 0 atom stereocenters. The summed E-state index contributed by atoms with van der Waals surface area (Å²) in [5, 5.41) is 2.91. The van der Waals surface area contributed by atoms with Crippen molar-refractivity contribution in [3.8, 4) is 0 Å². The van der Waals surface area contributed by atoms with E-state index in [0.717, 1.165) is 22.4 Å². The Morgan fingerprint density at radius 3 is 2.43 bits per heavy atom. The highest BCUT2D eigenvalue weighted by molar-refractivity contribution is 5.98. The van der Waals surface area contributed by atoms with Crippen molar-refractivity contribution < 1.29 is 14.3 Å². The number of rotatable bonds is 9. The van der Waals surface area contributed by atoms with E-state index >= 15 is 0 Å². The second kappa shape index (κ2) is 11.3. The van der Waals surface area contributed by atoms with E-state index in [2.05, 4.69) is 31.3 Å². The van der Waals surface area contributed by atoms with Gasteiger partial charge >= 0.3 is 0 Å². The second-order valence-electron chi connectivity index (χ2n) is 7.70. The minimum atomic E-state index is -0.233. The van der Waals surface area contributed by atoms with Crippen LogP contribution in [0.4, 0.5) is 5.69 Å². The molecule has 2 rings (SSSR count). The molecule has 2 aromatic rings. The van der Waals surface area contributed by atoms with Crippen LogP contribution in [0.5, 0.6) is 0 Å². The standard InChI is InChI=1S/C25H32N2O3/c1-18(2)22-12-9-21(10-13-22)11-14-25(29)27(15-16-30-5)17-24(28)26-23-8-6-7-19(3)20(23)4/h6-14,18H,15-17H2,1-5H3,(H,26,28)/b14-11+. The fourth-order valence-corrected chi connectivity index (χ4v) is 2.98. The molecule has 1 N–H and O–H groups in total. The zero-order valence-electron chi connectivity index (χ0n) is 18.6. The lowest BCUT2D eigenvalue weighted by molar-refractivity contribution is -0.131. The normalized spacial score (nSPS) is 11.1. The third-order valence-electron chi connectivity index (χ3n) is 5.11. The highest BCUT2D eigenvalue weighted by Crippen LogP contribution is 2.18. The largest absolute Gasteiger partial charge is 0.383 e. The molecule has 0 aliphatic carbocycles. The van der Waals surface area contributed by atoms with E-state index in [1.54, 1.807) is 13.2 Å². The van der Waals surface area contributed by atoms with E-state index in [1.165, 1.54) is 16.5 Å². The summed E-state index contributed by atoms with van der Waals surface area (Å²) in [5.74, 6) is 0.00341. The van der Waals surface area contributed by atoms with Crippen LogP contribution < -0.4 is 5.32 Å². The Balaban J connectivity index is 2.05. The summed E-state index contributed by atoms with van der Waals surface area (Å²) in [6.07, 6.45) is 3.28. The first-order valence-electron chi connectivity index (χ1n) is 10.2. The number of nitrogens with zero attached hydrogens (tertiary/aromatic N) is 1. The summed E-state index contributed by atoms with van der Waals surface area (Å²) >= 11 is 0. The maximum Gasteiger partial charge on any atom is 0.247 e. The second-order valence-corrected chi connectivity index (χ2v) is 7.70. The van der Waals surface area contributed by atoms with E-state index in [-0.39, 0.29) is 18.4 Å².